The van der Waals surface area contributed by atoms with Crippen LogP contribution in [0.1, 0.15) is 5.56 Å². The monoisotopic (exact) mass is 438 g/mol. The molecule has 0 atom stereocenters. The third-order valence-corrected chi connectivity index (χ3v) is 4.90. The molecule has 0 saturated carbocycles. The molecule has 1 heterocycles. The van der Waals surface area contributed by atoms with Gasteiger partial charge in [0.2, 0.25) is 17.7 Å². The van der Waals surface area contributed by atoms with Crippen molar-refractivity contribution in [3.8, 4) is 28.5 Å². The van der Waals surface area contributed by atoms with Crippen LogP contribution in [0.2, 0.25) is 10.0 Å². The molecule has 150 valence electrons. The van der Waals surface area contributed by atoms with E-state index in [0.717, 1.165) is 11.1 Å². The minimum atomic E-state index is -0.362. The first-order chi connectivity index (χ1) is 14.5. The van der Waals surface area contributed by atoms with Crippen molar-refractivity contribution in [3.05, 3.63) is 88.4 Å². The maximum atomic E-state index is 12.6. The lowest BCUT2D eigenvalue weighted by Gasteiger charge is -2.06. The Bertz CT molecular complexity index is 1190. The first-order valence-corrected chi connectivity index (χ1v) is 9.84. The van der Waals surface area contributed by atoms with Crippen LogP contribution in [-0.2, 0) is 11.2 Å². The molecule has 0 aliphatic heterocycles. The molecule has 0 radical (unpaired) electrons. The number of aromatic nitrogens is 1. The Balaban J connectivity index is 1.66. The molecule has 0 aliphatic rings. The summed E-state index contributed by atoms with van der Waals surface area (Å²) in [6.07, 6.45) is -0.0512. The van der Waals surface area contributed by atoms with Gasteiger partial charge in [-0.1, -0.05) is 59.6 Å². The molecule has 5 nitrogen and oxygen atoms in total. The Hall–Kier alpha value is -3.28. The third-order valence-electron chi connectivity index (χ3n) is 4.42. The number of hydrogen-bond acceptors (Lipinski definition) is 4. The van der Waals surface area contributed by atoms with Crippen LogP contribution in [-0.4, -0.2) is 16.0 Å². The average Bonchev–Trinajstić information content (AvgIpc) is 3.15. The second-order valence-electron chi connectivity index (χ2n) is 6.57. The molecule has 0 spiro atoms. The standard InChI is InChI=1S/C23H16Cl2N2O3/c24-17-9-6-14(7-10-17)21-23(30-22(27-21)15-4-2-1-3-5-15)26-20(29)12-16-8-11-18(25)13-19(16)28/h1-11,13,28H,12H2,(H,26,29). The highest BCUT2D eigenvalue weighted by Gasteiger charge is 2.19. The Labute approximate surface area is 182 Å². The number of nitrogens with one attached hydrogen (secondary N) is 1. The van der Waals surface area contributed by atoms with E-state index < -0.39 is 0 Å². The van der Waals surface area contributed by atoms with Crippen LogP contribution in [0.4, 0.5) is 5.88 Å². The lowest BCUT2D eigenvalue weighted by atomic mass is 10.1. The number of oxazole rings is 1. The summed E-state index contributed by atoms with van der Waals surface area (Å²) in [5.41, 5.74) is 2.46. The van der Waals surface area contributed by atoms with Crippen LogP contribution in [0.15, 0.2) is 77.2 Å². The number of halogens is 2. The number of hydrogen-bond donors (Lipinski definition) is 2. The van der Waals surface area contributed by atoms with Crippen LogP contribution < -0.4 is 5.32 Å². The highest BCUT2D eigenvalue weighted by atomic mass is 35.5. The van der Waals surface area contributed by atoms with Gasteiger partial charge in [-0.3, -0.25) is 10.1 Å². The smallest absolute Gasteiger partial charge is 0.231 e. The molecular weight excluding hydrogens is 423 g/mol. The molecule has 0 saturated heterocycles. The Morgan fingerprint density at radius 2 is 1.63 bits per heavy atom. The van der Waals surface area contributed by atoms with Gasteiger partial charge in [0.05, 0.1) is 6.42 Å². The lowest BCUT2D eigenvalue weighted by Crippen LogP contribution is -2.14. The summed E-state index contributed by atoms with van der Waals surface area (Å²) in [7, 11) is 0. The van der Waals surface area contributed by atoms with Crippen molar-refractivity contribution >= 4 is 35.0 Å². The van der Waals surface area contributed by atoms with Gasteiger partial charge in [-0.15, -0.1) is 0 Å². The van der Waals surface area contributed by atoms with Crippen LogP contribution in [0, 0.1) is 0 Å². The molecule has 3 aromatic carbocycles. The summed E-state index contributed by atoms with van der Waals surface area (Å²) in [6, 6.07) is 21.1. The van der Waals surface area contributed by atoms with Crippen LogP contribution in [0.5, 0.6) is 5.75 Å². The predicted molar refractivity (Wildman–Crippen MR) is 118 cm³/mol. The van der Waals surface area contributed by atoms with Crippen molar-refractivity contribution < 1.29 is 14.3 Å². The minimum absolute atomic E-state index is 0.0434. The van der Waals surface area contributed by atoms with Gasteiger partial charge in [-0.2, -0.15) is 0 Å². The van der Waals surface area contributed by atoms with Crippen LogP contribution in [0.3, 0.4) is 0 Å². The SMILES string of the molecule is O=C(Cc1ccc(Cl)cc1O)Nc1oc(-c2ccccc2)nc1-c1ccc(Cl)cc1. The number of anilines is 1. The summed E-state index contributed by atoms with van der Waals surface area (Å²) in [5, 5.41) is 13.7. The number of phenolic OH excluding ortho intramolecular Hbond substituents is 1. The van der Waals surface area contributed by atoms with E-state index in [1.807, 2.05) is 30.3 Å². The van der Waals surface area contributed by atoms with E-state index in [1.54, 1.807) is 36.4 Å². The van der Waals surface area contributed by atoms with Gasteiger partial charge in [-0.05, 0) is 36.4 Å². The summed E-state index contributed by atoms with van der Waals surface area (Å²) in [5.74, 6) is 0.191. The molecule has 1 amide bonds. The van der Waals surface area contributed by atoms with E-state index in [1.165, 1.54) is 6.07 Å². The van der Waals surface area contributed by atoms with E-state index in [2.05, 4.69) is 10.3 Å². The summed E-state index contributed by atoms with van der Waals surface area (Å²) < 4.78 is 5.88. The van der Waals surface area contributed by atoms with Crippen molar-refractivity contribution in [3.63, 3.8) is 0 Å². The van der Waals surface area contributed by atoms with Gasteiger partial charge >= 0.3 is 0 Å². The van der Waals surface area contributed by atoms with E-state index >= 15 is 0 Å². The first kappa shape index (κ1) is 20.0. The van der Waals surface area contributed by atoms with Crippen molar-refractivity contribution in [1.29, 1.82) is 0 Å². The van der Waals surface area contributed by atoms with Gasteiger partial charge in [0.25, 0.3) is 0 Å². The number of rotatable bonds is 5. The quantitative estimate of drug-likeness (QED) is 0.388. The lowest BCUT2D eigenvalue weighted by molar-refractivity contribution is -0.115. The van der Waals surface area contributed by atoms with E-state index in [0.29, 0.717) is 27.2 Å². The van der Waals surface area contributed by atoms with Crippen LogP contribution in [0.25, 0.3) is 22.7 Å². The van der Waals surface area contributed by atoms with Gasteiger partial charge in [-0.25, -0.2) is 4.98 Å². The van der Waals surface area contributed by atoms with E-state index in [9.17, 15) is 9.90 Å². The second-order valence-corrected chi connectivity index (χ2v) is 7.44. The molecule has 0 fully saturated rings. The van der Waals surface area contributed by atoms with Gasteiger partial charge < -0.3 is 9.52 Å². The summed E-state index contributed by atoms with van der Waals surface area (Å²) in [4.78, 5) is 17.2. The third kappa shape index (κ3) is 4.48. The fourth-order valence-corrected chi connectivity index (χ4v) is 3.24. The average molecular weight is 439 g/mol. The molecule has 4 rings (SSSR count). The highest BCUT2D eigenvalue weighted by molar-refractivity contribution is 6.31. The van der Waals surface area contributed by atoms with E-state index in [4.69, 9.17) is 27.6 Å². The van der Waals surface area contributed by atoms with E-state index in [-0.39, 0.29) is 24.0 Å². The Kier molecular flexibility index (Phi) is 5.74. The maximum absolute atomic E-state index is 12.6. The summed E-state index contributed by atoms with van der Waals surface area (Å²) >= 11 is 11.8. The molecule has 0 aliphatic carbocycles. The molecule has 1 aromatic heterocycles. The number of nitrogens with zero attached hydrogens (tertiary/aromatic N) is 1. The number of benzene rings is 3. The Morgan fingerprint density at radius 1 is 0.933 bits per heavy atom. The molecule has 7 heteroatoms. The topological polar surface area (TPSA) is 75.4 Å². The predicted octanol–water partition coefficient (Wildman–Crippen LogP) is 6.20. The summed E-state index contributed by atoms with van der Waals surface area (Å²) in [6.45, 7) is 0. The molecule has 2 N–H and O–H groups in total. The zero-order chi connectivity index (χ0) is 21.1. The zero-order valence-electron chi connectivity index (χ0n) is 15.6. The fourth-order valence-electron chi connectivity index (χ4n) is 2.94. The minimum Gasteiger partial charge on any atom is -0.508 e. The number of aromatic hydroxyl groups is 1. The highest BCUT2D eigenvalue weighted by Crippen LogP contribution is 2.33. The largest absolute Gasteiger partial charge is 0.508 e. The molecule has 4 aromatic rings. The normalized spacial score (nSPS) is 10.7. The zero-order valence-corrected chi connectivity index (χ0v) is 17.1. The molecular formula is C23H16Cl2N2O3. The van der Waals surface area contributed by atoms with Crippen molar-refractivity contribution in [2.24, 2.45) is 0 Å². The molecule has 30 heavy (non-hydrogen) atoms. The fraction of sp³-hybridized carbons (Fsp3) is 0.0435. The second kappa shape index (κ2) is 8.61. The number of carbonyl (C=O) groups excluding carboxylic acids is 1. The van der Waals surface area contributed by atoms with Gasteiger partial charge in [0.15, 0.2) is 0 Å². The first-order valence-electron chi connectivity index (χ1n) is 9.09. The number of carbonyl (C=O) groups is 1. The van der Waals surface area contributed by atoms with Crippen molar-refractivity contribution in [2.45, 2.75) is 6.42 Å². The van der Waals surface area contributed by atoms with Crippen molar-refractivity contribution in [1.82, 2.24) is 4.98 Å². The molecule has 0 bridgehead atoms. The molecule has 0 unspecified atom stereocenters. The van der Waals surface area contributed by atoms with Crippen LogP contribution >= 0.6 is 23.2 Å². The van der Waals surface area contributed by atoms with Crippen molar-refractivity contribution in [2.75, 3.05) is 5.32 Å². The maximum Gasteiger partial charge on any atom is 0.231 e. The number of amides is 1. The number of phenols is 1. The van der Waals surface area contributed by atoms with Gasteiger partial charge in [0.1, 0.15) is 11.4 Å². The Morgan fingerprint density at radius 3 is 2.33 bits per heavy atom. The van der Waals surface area contributed by atoms with Gasteiger partial charge in [0, 0.05) is 26.7 Å².